The van der Waals surface area contributed by atoms with Crippen molar-refractivity contribution in [2.45, 2.75) is 12.6 Å². The zero-order valence-corrected chi connectivity index (χ0v) is 8.50. The minimum absolute atomic E-state index is 0.212. The van der Waals surface area contributed by atoms with Crippen molar-refractivity contribution in [1.29, 1.82) is 5.26 Å². The van der Waals surface area contributed by atoms with Crippen LogP contribution in [0.25, 0.3) is 0 Å². The predicted molar refractivity (Wildman–Crippen MR) is 48.9 cm³/mol. The third-order valence-corrected chi connectivity index (χ3v) is 2.67. The molecule has 0 spiro atoms. The van der Waals surface area contributed by atoms with Crippen LogP contribution >= 0.6 is 0 Å². The molecule has 0 bridgehead atoms. The number of primary amides is 1. The highest BCUT2D eigenvalue weighted by atomic mass is 19.4. The van der Waals surface area contributed by atoms with Gasteiger partial charge in [0.05, 0.1) is 12.0 Å². The van der Waals surface area contributed by atoms with Gasteiger partial charge in [-0.2, -0.15) is 18.4 Å². The Hall–Kier alpha value is -1.29. The molecule has 1 rings (SSSR count). The van der Waals surface area contributed by atoms with Crippen molar-refractivity contribution < 1.29 is 18.0 Å². The normalized spacial score (nSPS) is 24.0. The lowest BCUT2D eigenvalue weighted by Crippen LogP contribution is -2.36. The molecule has 16 heavy (non-hydrogen) atoms. The number of nitriles is 1. The molecule has 0 radical (unpaired) electrons. The summed E-state index contributed by atoms with van der Waals surface area (Å²) in [5, 5.41) is 8.41. The maximum absolute atomic E-state index is 12.3. The minimum Gasteiger partial charge on any atom is -0.369 e. The van der Waals surface area contributed by atoms with Crippen LogP contribution in [0.4, 0.5) is 13.2 Å². The van der Waals surface area contributed by atoms with Crippen LogP contribution in [-0.2, 0) is 4.79 Å². The molecule has 0 aromatic rings. The molecule has 90 valence electrons. The van der Waals surface area contributed by atoms with Gasteiger partial charge in [-0.25, -0.2) is 0 Å². The molecule has 1 fully saturated rings. The zero-order chi connectivity index (χ0) is 12.3. The topological polar surface area (TPSA) is 70.1 Å². The third-order valence-electron chi connectivity index (χ3n) is 2.67. The first-order valence-corrected chi connectivity index (χ1v) is 4.82. The molecule has 2 N–H and O–H groups in total. The summed E-state index contributed by atoms with van der Waals surface area (Å²) in [5.41, 5.74) is 5.06. The van der Waals surface area contributed by atoms with Crippen molar-refractivity contribution >= 4 is 5.91 Å². The quantitative estimate of drug-likeness (QED) is 0.774. The van der Waals surface area contributed by atoms with Gasteiger partial charge < -0.3 is 10.6 Å². The van der Waals surface area contributed by atoms with E-state index in [1.807, 2.05) is 0 Å². The first-order valence-electron chi connectivity index (χ1n) is 4.82. The van der Waals surface area contributed by atoms with E-state index >= 15 is 0 Å². The van der Waals surface area contributed by atoms with Crippen LogP contribution in [0.5, 0.6) is 0 Å². The van der Waals surface area contributed by atoms with Gasteiger partial charge in [0.25, 0.3) is 0 Å². The highest BCUT2D eigenvalue weighted by molar-refractivity contribution is 5.77. The number of nitrogens with zero attached hydrogens (tertiary/aromatic N) is 2. The van der Waals surface area contributed by atoms with Crippen molar-refractivity contribution in [3.05, 3.63) is 0 Å². The van der Waals surface area contributed by atoms with Gasteiger partial charge in [-0.1, -0.05) is 0 Å². The van der Waals surface area contributed by atoms with E-state index in [1.165, 1.54) is 11.0 Å². The van der Waals surface area contributed by atoms with Crippen molar-refractivity contribution in [3.8, 4) is 6.07 Å². The second-order valence-electron chi connectivity index (χ2n) is 3.87. The van der Waals surface area contributed by atoms with E-state index in [0.717, 1.165) is 0 Å². The summed E-state index contributed by atoms with van der Waals surface area (Å²) < 4.78 is 36.9. The molecule has 0 aromatic carbocycles. The van der Waals surface area contributed by atoms with Gasteiger partial charge in [-0.05, 0) is 13.0 Å². The van der Waals surface area contributed by atoms with Gasteiger partial charge in [0, 0.05) is 13.1 Å². The van der Waals surface area contributed by atoms with E-state index in [0.29, 0.717) is 13.0 Å². The number of likely N-dealkylation sites (tertiary alicyclic amines) is 1. The van der Waals surface area contributed by atoms with Crippen LogP contribution < -0.4 is 5.73 Å². The fourth-order valence-corrected chi connectivity index (χ4v) is 1.71. The number of hydrogen-bond donors (Lipinski definition) is 1. The van der Waals surface area contributed by atoms with E-state index in [1.54, 1.807) is 0 Å². The van der Waals surface area contributed by atoms with E-state index in [-0.39, 0.29) is 13.1 Å². The minimum atomic E-state index is -4.51. The molecule has 0 saturated carbocycles. The Labute approximate surface area is 90.8 Å². The summed E-state index contributed by atoms with van der Waals surface area (Å²) in [6.07, 6.45) is -4.05. The smallest absolute Gasteiger partial charge is 0.369 e. The molecule has 1 aliphatic rings. The van der Waals surface area contributed by atoms with Crippen LogP contribution in [-0.4, -0.2) is 36.6 Å². The van der Waals surface area contributed by atoms with Crippen molar-refractivity contribution in [2.75, 3.05) is 19.6 Å². The molecule has 2 unspecified atom stereocenters. The number of alkyl halides is 3. The van der Waals surface area contributed by atoms with Gasteiger partial charge in [0.1, 0.15) is 0 Å². The summed E-state index contributed by atoms with van der Waals surface area (Å²) in [6, 6.07) is 1.23. The molecule has 1 heterocycles. The number of rotatable bonds is 3. The lowest BCUT2D eigenvalue weighted by atomic mass is 10.1. The van der Waals surface area contributed by atoms with Crippen LogP contribution in [0.15, 0.2) is 0 Å². The number of amides is 1. The predicted octanol–water partition coefficient (Wildman–Crippen LogP) is 0.496. The summed E-state index contributed by atoms with van der Waals surface area (Å²) in [5.74, 6) is -2.89. The first kappa shape index (κ1) is 12.8. The monoisotopic (exact) mass is 235 g/mol. The Balaban J connectivity index is 2.51. The second kappa shape index (κ2) is 4.70. The van der Waals surface area contributed by atoms with Gasteiger partial charge in [0.2, 0.25) is 5.91 Å². The lowest BCUT2D eigenvalue weighted by molar-refractivity contribution is -0.162. The van der Waals surface area contributed by atoms with Crippen LogP contribution in [0.1, 0.15) is 6.42 Å². The highest BCUT2D eigenvalue weighted by Crippen LogP contribution is 2.28. The molecule has 7 heteroatoms. The van der Waals surface area contributed by atoms with Crippen LogP contribution in [0, 0.1) is 23.2 Å². The van der Waals surface area contributed by atoms with Crippen molar-refractivity contribution in [1.82, 2.24) is 4.90 Å². The molecule has 1 saturated heterocycles. The molecule has 1 aliphatic heterocycles. The number of carbonyl (C=O) groups is 1. The molecule has 1 amide bonds. The van der Waals surface area contributed by atoms with E-state index < -0.39 is 23.9 Å². The standard InChI is InChI=1S/C9H12F3N3O/c10-9(11,12)7(3-13)5-15-2-1-6(4-15)8(14)16/h6-7H,1-2,4-5H2,(H2,14,16). The maximum Gasteiger partial charge on any atom is 0.405 e. The molecule has 0 aromatic heterocycles. The summed E-state index contributed by atoms with van der Waals surface area (Å²) in [7, 11) is 0. The largest absolute Gasteiger partial charge is 0.405 e. The van der Waals surface area contributed by atoms with Crippen LogP contribution in [0.3, 0.4) is 0 Å². The molecular weight excluding hydrogens is 223 g/mol. The highest BCUT2D eigenvalue weighted by Gasteiger charge is 2.42. The van der Waals surface area contributed by atoms with Gasteiger partial charge in [-0.3, -0.25) is 4.79 Å². The Morgan fingerprint density at radius 1 is 1.62 bits per heavy atom. The fourth-order valence-electron chi connectivity index (χ4n) is 1.71. The number of carbonyl (C=O) groups excluding carboxylic acids is 1. The number of nitrogens with two attached hydrogens (primary N) is 1. The summed E-state index contributed by atoms with van der Waals surface area (Å²) in [6.45, 7) is 0.204. The van der Waals surface area contributed by atoms with E-state index in [9.17, 15) is 18.0 Å². The van der Waals surface area contributed by atoms with Gasteiger partial charge in [0.15, 0.2) is 5.92 Å². The second-order valence-corrected chi connectivity index (χ2v) is 3.87. The summed E-state index contributed by atoms with van der Waals surface area (Å²) in [4.78, 5) is 12.3. The third kappa shape index (κ3) is 3.10. The molecule has 2 atom stereocenters. The SMILES string of the molecule is N#CC(CN1CCC(C(N)=O)C1)C(F)(F)F. The fraction of sp³-hybridized carbons (Fsp3) is 0.778. The molecule has 4 nitrogen and oxygen atoms in total. The Morgan fingerprint density at radius 3 is 2.62 bits per heavy atom. The Bertz CT molecular complexity index is 310. The van der Waals surface area contributed by atoms with Gasteiger partial charge in [-0.15, -0.1) is 0 Å². The summed E-state index contributed by atoms with van der Waals surface area (Å²) >= 11 is 0. The van der Waals surface area contributed by atoms with Gasteiger partial charge >= 0.3 is 6.18 Å². The number of hydrogen-bond acceptors (Lipinski definition) is 3. The lowest BCUT2D eigenvalue weighted by Gasteiger charge is -2.20. The Morgan fingerprint density at radius 2 is 2.25 bits per heavy atom. The zero-order valence-electron chi connectivity index (χ0n) is 8.50. The average Bonchev–Trinajstić information content (AvgIpc) is 2.60. The maximum atomic E-state index is 12.3. The Kier molecular flexibility index (Phi) is 3.75. The molecule has 0 aliphatic carbocycles. The van der Waals surface area contributed by atoms with E-state index in [4.69, 9.17) is 11.0 Å². The van der Waals surface area contributed by atoms with E-state index in [2.05, 4.69) is 0 Å². The number of halogens is 3. The molecular formula is C9H12F3N3O. The van der Waals surface area contributed by atoms with Crippen molar-refractivity contribution in [3.63, 3.8) is 0 Å². The van der Waals surface area contributed by atoms with Crippen LogP contribution in [0.2, 0.25) is 0 Å². The van der Waals surface area contributed by atoms with Crippen molar-refractivity contribution in [2.24, 2.45) is 17.6 Å². The average molecular weight is 235 g/mol. The first-order chi connectivity index (χ1) is 7.34.